The molecule has 1 saturated carbocycles. The third-order valence-corrected chi connectivity index (χ3v) is 3.88. The van der Waals surface area contributed by atoms with Crippen LogP contribution in [0.1, 0.15) is 25.3 Å². The topological polar surface area (TPSA) is 37.3 Å². The van der Waals surface area contributed by atoms with Crippen LogP contribution < -0.4 is 0 Å². The molecule has 4 heteroatoms. The number of hydrogen-bond donors (Lipinski definition) is 1. The van der Waals surface area contributed by atoms with Gasteiger partial charge in [-0.3, -0.25) is 4.79 Å². The van der Waals surface area contributed by atoms with E-state index in [1.807, 2.05) is 13.8 Å². The third kappa shape index (κ3) is 1.65. The largest absolute Gasteiger partial charge is 0.481 e. The molecule has 0 saturated heterocycles. The van der Waals surface area contributed by atoms with E-state index in [1.165, 1.54) is 6.07 Å². The summed E-state index contributed by atoms with van der Waals surface area (Å²) in [6.07, 6.45) is 0. The van der Waals surface area contributed by atoms with Gasteiger partial charge in [0, 0.05) is 10.4 Å². The maximum Gasteiger partial charge on any atom is 0.307 e. The Morgan fingerprint density at radius 3 is 2.56 bits per heavy atom. The number of halogens is 2. The van der Waals surface area contributed by atoms with Crippen LogP contribution in [0, 0.1) is 17.2 Å². The first-order chi connectivity index (χ1) is 7.35. The van der Waals surface area contributed by atoms with Crippen LogP contribution >= 0.6 is 15.9 Å². The van der Waals surface area contributed by atoms with Crippen molar-refractivity contribution in [1.82, 2.24) is 0 Å². The lowest BCUT2D eigenvalue weighted by Crippen LogP contribution is -2.03. The van der Waals surface area contributed by atoms with Gasteiger partial charge in [-0.2, -0.15) is 0 Å². The van der Waals surface area contributed by atoms with Crippen molar-refractivity contribution in [1.29, 1.82) is 0 Å². The van der Waals surface area contributed by atoms with Crippen LogP contribution in [0.2, 0.25) is 0 Å². The van der Waals surface area contributed by atoms with Crippen LogP contribution in [0.3, 0.4) is 0 Å². The zero-order chi connectivity index (χ0) is 12.1. The molecule has 0 radical (unpaired) electrons. The van der Waals surface area contributed by atoms with E-state index in [0.717, 1.165) is 0 Å². The Hall–Kier alpha value is -0.900. The minimum absolute atomic E-state index is 0.224. The van der Waals surface area contributed by atoms with Gasteiger partial charge in [-0.15, -0.1) is 0 Å². The van der Waals surface area contributed by atoms with Gasteiger partial charge in [0.2, 0.25) is 0 Å². The van der Waals surface area contributed by atoms with Crippen LogP contribution in [-0.2, 0) is 4.79 Å². The molecule has 0 amide bonds. The van der Waals surface area contributed by atoms with Crippen LogP contribution in [0.4, 0.5) is 4.39 Å². The van der Waals surface area contributed by atoms with E-state index in [9.17, 15) is 9.18 Å². The normalized spacial score (nSPS) is 26.5. The summed E-state index contributed by atoms with van der Waals surface area (Å²) in [6, 6.07) is 4.78. The van der Waals surface area contributed by atoms with Gasteiger partial charge < -0.3 is 5.11 Å². The van der Waals surface area contributed by atoms with Crippen molar-refractivity contribution in [2.75, 3.05) is 0 Å². The molecule has 2 rings (SSSR count). The maximum absolute atomic E-state index is 13.7. The number of carboxylic acids is 1. The zero-order valence-electron chi connectivity index (χ0n) is 9.00. The summed E-state index contributed by atoms with van der Waals surface area (Å²) in [5.41, 5.74) is 0.140. The molecule has 86 valence electrons. The number of benzene rings is 1. The van der Waals surface area contributed by atoms with Gasteiger partial charge in [0.1, 0.15) is 5.82 Å². The molecular formula is C12H12BrFO2. The van der Waals surface area contributed by atoms with Gasteiger partial charge in [-0.05, 0) is 23.1 Å². The van der Waals surface area contributed by atoms with E-state index >= 15 is 0 Å². The van der Waals surface area contributed by atoms with Crippen LogP contribution in [0.5, 0.6) is 0 Å². The monoisotopic (exact) mass is 286 g/mol. The molecule has 1 aromatic carbocycles. The van der Waals surface area contributed by atoms with Crippen LogP contribution in [0.25, 0.3) is 0 Å². The molecule has 1 N–H and O–H groups in total. The Kier molecular flexibility index (Phi) is 2.57. The van der Waals surface area contributed by atoms with Crippen molar-refractivity contribution >= 4 is 21.9 Å². The number of rotatable bonds is 2. The average molecular weight is 287 g/mol. The van der Waals surface area contributed by atoms with Crippen molar-refractivity contribution in [2.45, 2.75) is 19.8 Å². The second-order valence-corrected chi connectivity index (χ2v) is 5.70. The van der Waals surface area contributed by atoms with Gasteiger partial charge in [-0.1, -0.05) is 35.8 Å². The lowest BCUT2D eigenvalue weighted by atomic mass is 10.0. The lowest BCUT2D eigenvalue weighted by Gasteiger charge is -2.04. The Morgan fingerprint density at radius 1 is 1.50 bits per heavy atom. The highest BCUT2D eigenvalue weighted by Crippen LogP contribution is 2.64. The highest BCUT2D eigenvalue weighted by Gasteiger charge is 2.63. The quantitative estimate of drug-likeness (QED) is 0.905. The highest BCUT2D eigenvalue weighted by molar-refractivity contribution is 9.10. The van der Waals surface area contributed by atoms with Crippen molar-refractivity contribution in [3.63, 3.8) is 0 Å². The van der Waals surface area contributed by atoms with Gasteiger partial charge >= 0.3 is 5.97 Å². The van der Waals surface area contributed by atoms with Crippen LogP contribution in [-0.4, -0.2) is 11.1 Å². The molecule has 0 bridgehead atoms. The average Bonchev–Trinajstić information content (AvgIpc) is 2.69. The predicted molar refractivity (Wildman–Crippen MR) is 61.7 cm³/mol. The summed E-state index contributed by atoms with van der Waals surface area (Å²) in [5, 5.41) is 9.03. The Labute approximate surface area is 102 Å². The van der Waals surface area contributed by atoms with Gasteiger partial charge in [0.25, 0.3) is 0 Å². The molecule has 1 aliphatic carbocycles. The fraction of sp³-hybridized carbons (Fsp3) is 0.417. The van der Waals surface area contributed by atoms with Crippen molar-refractivity contribution in [3.8, 4) is 0 Å². The Bertz CT molecular complexity index is 456. The summed E-state index contributed by atoms with van der Waals surface area (Å²) in [7, 11) is 0. The summed E-state index contributed by atoms with van der Waals surface area (Å²) < 4.78 is 14.4. The summed E-state index contributed by atoms with van der Waals surface area (Å²) in [5.74, 6) is -1.89. The SMILES string of the molecule is CC1(C)C(C(=O)O)C1c1ccc(Br)cc1F. The molecule has 0 aromatic heterocycles. The molecular weight excluding hydrogens is 275 g/mol. The lowest BCUT2D eigenvalue weighted by molar-refractivity contribution is -0.139. The number of hydrogen-bond acceptors (Lipinski definition) is 1. The molecule has 1 aliphatic rings. The van der Waals surface area contributed by atoms with E-state index in [1.54, 1.807) is 12.1 Å². The molecule has 1 fully saturated rings. The standard InChI is InChI=1S/C12H12BrFO2/c1-12(2)9(10(12)11(15)16)7-4-3-6(13)5-8(7)14/h3-5,9-10H,1-2H3,(H,15,16). The second kappa shape index (κ2) is 3.55. The molecule has 2 unspecified atom stereocenters. The van der Waals surface area contributed by atoms with Gasteiger partial charge in [-0.25, -0.2) is 4.39 Å². The van der Waals surface area contributed by atoms with E-state index in [0.29, 0.717) is 10.0 Å². The highest BCUT2D eigenvalue weighted by atomic mass is 79.9. The Balaban J connectivity index is 2.37. The first-order valence-corrected chi connectivity index (χ1v) is 5.82. The smallest absolute Gasteiger partial charge is 0.307 e. The fourth-order valence-corrected chi connectivity index (χ4v) is 2.77. The minimum atomic E-state index is -0.850. The van der Waals surface area contributed by atoms with E-state index < -0.39 is 11.9 Å². The Morgan fingerprint density at radius 2 is 2.12 bits per heavy atom. The second-order valence-electron chi connectivity index (χ2n) is 4.78. The first kappa shape index (κ1) is 11.6. The van der Waals surface area contributed by atoms with Gasteiger partial charge in [0.05, 0.1) is 5.92 Å². The maximum atomic E-state index is 13.7. The molecule has 1 aromatic rings. The van der Waals surface area contributed by atoms with Crippen molar-refractivity contribution < 1.29 is 14.3 Å². The number of carboxylic acid groups (broad SMARTS) is 1. The van der Waals surface area contributed by atoms with E-state index in [4.69, 9.17) is 5.11 Å². The fourth-order valence-electron chi connectivity index (χ4n) is 2.43. The molecule has 0 aliphatic heterocycles. The molecule has 0 spiro atoms. The zero-order valence-corrected chi connectivity index (χ0v) is 10.6. The summed E-state index contributed by atoms with van der Waals surface area (Å²) >= 11 is 3.18. The summed E-state index contributed by atoms with van der Waals surface area (Å²) in [6.45, 7) is 3.72. The first-order valence-electron chi connectivity index (χ1n) is 5.03. The number of carbonyl (C=O) groups is 1. The van der Waals surface area contributed by atoms with Gasteiger partial charge in [0.15, 0.2) is 0 Å². The predicted octanol–water partition coefficient (Wildman–Crippen LogP) is 3.41. The minimum Gasteiger partial charge on any atom is -0.481 e. The number of aliphatic carboxylic acids is 1. The summed E-state index contributed by atoms with van der Waals surface area (Å²) in [4.78, 5) is 11.0. The van der Waals surface area contributed by atoms with Crippen molar-refractivity contribution in [3.05, 3.63) is 34.1 Å². The molecule has 16 heavy (non-hydrogen) atoms. The van der Waals surface area contributed by atoms with E-state index in [-0.39, 0.29) is 17.2 Å². The third-order valence-electron chi connectivity index (χ3n) is 3.39. The van der Waals surface area contributed by atoms with E-state index in [2.05, 4.69) is 15.9 Å². The molecule has 0 heterocycles. The molecule has 2 nitrogen and oxygen atoms in total. The van der Waals surface area contributed by atoms with Crippen molar-refractivity contribution in [2.24, 2.45) is 11.3 Å². The van der Waals surface area contributed by atoms with Crippen LogP contribution in [0.15, 0.2) is 22.7 Å². The molecule has 2 atom stereocenters.